The Morgan fingerprint density at radius 3 is 2.50 bits per heavy atom. The molecule has 22 heavy (non-hydrogen) atoms. The Balaban J connectivity index is 2.43. The van der Waals surface area contributed by atoms with Crippen LogP contribution < -0.4 is 16.0 Å². The van der Waals surface area contributed by atoms with Crippen LogP contribution in [0.5, 0.6) is 5.75 Å². The summed E-state index contributed by atoms with van der Waals surface area (Å²) < 4.78 is 6.89. The number of hydrogen-bond acceptors (Lipinski definition) is 4. The minimum atomic E-state index is -0.314. The Morgan fingerprint density at radius 2 is 1.91 bits per heavy atom. The van der Waals surface area contributed by atoms with Crippen LogP contribution in [-0.2, 0) is 13.0 Å². The number of ether oxygens (including phenoxy) is 1. The number of Topliss-reactive ketones (excluding diaryl/α,β-unsaturated/α-hetero) is 1. The van der Waals surface area contributed by atoms with Gasteiger partial charge >= 0.3 is 0 Å². The van der Waals surface area contributed by atoms with E-state index in [1.54, 1.807) is 6.92 Å². The van der Waals surface area contributed by atoms with Crippen molar-refractivity contribution in [1.82, 2.24) is 4.68 Å². The molecule has 0 radical (unpaired) electrons. The Hall–Kier alpha value is -2.56. The number of aryl methyl sites for hydroxylation is 1. The van der Waals surface area contributed by atoms with Crippen molar-refractivity contribution in [3.63, 3.8) is 0 Å². The SMILES string of the molecule is CCC(=O)c1c(OCc2ccccc2)c(=O)cc(CC)n1N. The molecule has 0 aliphatic heterocycles. The number of benzene rings is 1. The molecule has 0 saturated carbocycles. The molecule has 5 nitrogen and oxygen atoms in total. The van der Waals surface area contributed by atoms with Gasteiger partial charge in [-0.15, -0.1) is 0 Å². The van der Waals surface area contributed by atoms with Crippen molar-refractivity contribution < 1.29 is 9.53 Å². The van der Waals surface area contributed by atoms with Crippen LogP contribution in [0.3, 0.4) is 0 Å². The zero-order valence-corrected chi connectivity index (χ0v) is 12.8. The minimum absolute atomic E-state index is 0.0235. The summed E-state index contributed by atoms with van der Waals surface area (Å²) in [4.78, 5) is 24.4. The molecule has 2 aromatic rings. The zero-order chi connectivity index (χ0) is 16.1. The molecular formula is C17H20N2O3. The predicted molar refractivity (Wildman–Crippen MR) is 85.6 cm³/mol. The highest BCUT2D eigenvalue weighted by Crippen LogP contribution is 2.18. The van der Waals surface area contributed by atoms with E-state index in [1.807, 2.05) is 37.3 Å². The first-order valence-electron chi connectivity index (χ1n) is 7.32. The van der Waals surface area contributed by atoms with E-state index in [1.165, 1.54) is 10.7 Å². The molecule has 5 heteroatoms. The second-order valence-electron chi connectivity index (χ2n) is 4.95. The molecule has 0 saturated heterocycles. The van der Waals surface area contributed by atoms with Gasteiger partial charge in [0, 0.05) is 18.2 Å². The van der Waals surface area contributed by atoms with Gasteiger partial charge in [-0.2, -0.15) is 0 Å². The average molecular weight is 300 g/mol. The monoisotopic (exact) mass is 300 g/mol. The fourth-order valence-corrected chi connectivity index (χ4v) is 2.23. The molecule has 0 amide bonds. The molecule has 1 aromatic carbocycles. The van der Waals surface area contributed by atoms with Gasteiger partial charge in [-0.3, -0.25) is 14.3 Å². The summed E-state index contributed by atoms with van der Waals surface area (Å²) in [5.74, 6) is 5.80. The fourth-order valence-electron chi connectivity index (χ4n) is 2.23. The predicted octanol–water partition coefficient (Wildman–Crippen LogP) is 2.30. The molecule has 0 unspecified atom stereocenters. The molecule has 1 heterocycles. The maximum absolute atomic E-state index is 12.3. The van der Waals surface area contributed by atoms with Gasteiger partial charge < -0.3 is 10.6 Å². The van der Waals surface area contributed by atoms with Gasteiger partial charge in [0.2, 0.25) is 5.43 Å². The van der Waals surface area contributed by atoms with Gasteiger partial charge in [0.05, 0.1) is 0 Å². The Kier molecular flexibility index (Phi) is 4.99. The molecule has 2 N–H and O–H groups in total. The van der Waals surface area contributed by atoms with Gasteiger partial charge in [0.1, 0.15) is 6.61 Å². The number of nitrogens with zero attached hydrogens (tertiary/aromatic N) is 1. The van der Waals surface area contributed by atoms with E-state index < -0.39 is 0 Å². The number of nitrogen functional groups attached to an aromatic ring is 1. The molecule has 0 aliphatic carbocycles. The van der Waals surface area contributed by atoms with E-state index in [4.69, 9.17) is 10.6 Å². The second kappa shape index (κ2) is 6.93. The highest BCUT2D eigenvalue weighted by molar-refractivity contribution is 5.97. The van der Waals surface area contributed by atoms with Crippen molar-refractivity contribution in [3.8, 4) is 5.75 Å². The van der Waals surface area contributed by atoms with Crippen LogP contribution in [0.1, 0.15) is 42.0 Å². The fraction of sp³-hybridized carbons (Fsp3) is 0.294. The van der Waals surface area contributed by atoms with Crippen molar-refractivity contribution >= 4 is 5.78 Å². The van der Waals surface area contributed by atoms with Crippen LogP contribution in [0.4, 0.5) is 0 Å². The highest BCUT2D eigenvalue weighted by Gasteiger charge is 2.20. The van der Waals surface area contributed by atoms with Crippen molar-refractivity contribution in [1.29, 1.82) is 0 Å². The molecule has 0 atom stereocenters. The normalized spacial score (nSPS) is 10.5. The zero-order valence-electron chi connectivity index (χ0n) is 12.8. The number of carbonyl (C=O) groups excluding carboxylic acids is 1. The number of rotatable bonds is 6. The molecule has 0 fully saturated rings. The van der Waals surface area contributed by atoms with E-state index in [0.717, 1.165) is 5.56 Å². The molecule has 1 aromatic heterocycles. The third-order valence-corrected chi connectivity index (χ3v) is 3.46. The molecule has 116 valence electrons. The molecule has 0 spiro atoms. The summed E-state index contributed by atoms with van der Waals surface area (Å²) in [5.41, 5.74) is 1.35. The average Bonchev–Trinajstić information content (AvgIpc) is 2.55. The van der Waals surface area contributed by atoms with Crippen LogP contribution in [0.2, 0.25) is 0 Å². The van der Waals surface area contributed by atoms with Gasteiger partial charge in [-0.1, -0.05) is 44.2 Å². The Labute approximate surface area is 129 Å². The summed E-state index contributed by atoms with van der Waals surface area (Å²) >= 11 is 0. The standard InChI is InChI=1S/C17H20N2O3/c1-3-13-10-15(21)17(16(19(13)18)14(20)4-2)22-11-12-8-6-5-7-9-12/h5-10H,3-4,11,18H2,1-2H3. The highest BCUT2D eigenvalue weighted by atomic mass is 16.5. The maximum Gasteiger partial charge on any atom is 0.224 e. The first kappa shape index (κ1) is 15.8. The van der Waals surface area contributed by atoms with E-state index in [2.05, 4.69) is 0 Å². The van der Waals surface area contributed by atoms with Gasteiger partial charge in [0.15, 0.2) is 17.2 Å². The van der Waals surface area contributed by atoms with Crippen molar-refractivity contribution in [2.45, 2.75) is 33.3 Å². The third-order valence-electron chi connectivity index (χ3n) is 3.46. The lowest BCUT2D eigenvalue weighted by atomic mass is 10.1. The molecule has 2 rings (SSSR count). The number of aromatic nitrogens is 1. The smallest absolute Gasteiger partial charge is 0.224 e. The number of carbonyl (C=O) groups is 1. The second-order valence-corrected chi connectivity index (χ2v) is 4.95. The van der Waals surface area contributed by atoms with Crippen molar-refractivity contribution in [2.24, 2.45) is 0 Å². The van der Waals surface area contributed by atoms with Crippen LogP contribution in [0, 0.1) is 0 Å². The number of pyridine rings is 1. The van der Waals surface area contributed by atoms with Crippen LogP contribution in [0.25, 0.3) is 0 Å². The quantitative estimate of drug-likeness (QED) is 0.656. The number of nitrogens with two attached hydrogens (primary N) is 1. The van der Waals surface area contributed by atoms with Crippen LogP contribution in [-0.4, -0.2) is 10.5 Å². The first-order valence-corrected chi connectivity index (χ1v) is 7.32. The van der Waals surface area contributed by atoms with E-state index in [-0.39, 0.29) is 35.7 Å². The van der Waals surface area contributed by atoms with Gasteiger partial charge in [-0.05, 0) is 12.0 Å². The third kappa shape index (κ3) is 3.19. The minimum Gasteiger partial charge on any atom is -0.483 e. The van der Waals surface area contributed by atoms with E-state index >= 15 is 0 Å². The summed E-state index contributed by atoms with van der Waals surface area (Å²) in [6, 6.07) is 10.9. The topological polar surface area (TPSA) is 74.3 Å². The number of hydrogen-bond donors (Lipinski definition) is 1. The first-order chi connectivity index (χ1) is 10.6. The molecular weight excluding hydrogens is 280 g/mol. The lowest BCUT2D eigenvalue weighted by Gasteiger charge is -2.16. The molecule has 0 bridgehead atoms. The number of ketones is 1. The van der Waals surface area contributed by atoms with E-state index in [0.29, 0.717) is 12.1 Å². The molecule has 0 aliphatic rings. The Bertz CT molecular complexity index is 721. The Morgan fingerprint density at radius 1 is 1.23 bits per heavy atom. The van der Waals surface area contributed by atoms with Crippen molar-refractivity contribution in [3.05, 3.63) is 63.6 Å². The van der Waals surface area contributed by atoms with Crippen LogP contribution in [0.15, 0.2) is 41.2 Å². The van der Waals surface area contributed by atoms with E-state index in [9.17, 15) is 9.59 Å². The lowest BCUT2D eigenvalue weighted by Crippen LogP contribution is -2.28. The lowest BCUT2D eigenvalue weighted by molar-refractivity contribution is 0.0974. The largest absolute Gasteiger partial charge is 0.483 e. The van der Waals surface area contributed by atoms with Gasteiger partial charge in [0.25, 0.3) is 0 Å². The van der Waals surface area contributed by atoms with Crippen molar-refractivity contribution in [2.75, 3.05) is 5.84 Å². The maximum atomic E-state index is 12.3. The van der Waals surface area contributed by atoms with Crippen LogP contribution >= 0.6 is 0 Å². The summed E-state index contributed by atoms with van der Waals surface area (Å²) in [5, 5.41) is 0. The summed E-state index contributed by atoms with van der Waals surface area (Å²) in [6.07, 6.45) is 0.820. The summed E-state index contributed by atoms with van der Waals surface area (Å²) in [6.45, 7) is 3.82. The van der Waals surface area contributed by atoms with Gasteiger partial charge in [-0.25, -0.2) is 0 Å². The summed E-state index contributed by atoms with van der Waals surface area (Å²) in [7, 11) is 0.